The van der Waals surface area contributed by atoms with Crippen molar-refractivity contribution >= 4 is 18.0 Å². The minimum atomic E-state index is -1.17. The lowest BCUT2D eigenvalue weighted by molar-refractivity contribution is -0.149. The van der Waals surface area contributed by atoms with E-state index in [4.69, 9.17) is 4.74 Å². The molecule has 0 spiro atoms. The van der Waals surface area contributed by atoms with E-state index >= 15 is 0 Å². The summed E-state index contributed by atoms with van der Waals surface area (Å²) >= 11 is 0. The molecule has 2 N–H and O–H groups in total. The van der Waals surface area contributed by atoms with Crippen molar-refractivity contribution in [1.82, 2.24) is 10.2 Å². The van der Waals surface area contributed by atoms with Gasteiger partial charge in [-0.05, 0) is 55.9 Å². The molecule has 4 rings (SSSR count). The number of fused-ring (bicyclic) bond motifs is 3. The summed E-state index contributed by atoms with van der Waals surface area (Å²) in [5.41, 5.74) is 3.37. The second-order valence-corrected chi connectivity index (χ2v) is 9.48. The average molecular weight is 451 g/mol. The van der Waals surface area contributed by atoms with Gasteiger partial charge >= 0.3 is 12.1 Å². The second kappa shape index (κ2) is 8.89. The molecule has 2 aliphatic rings. The molecule has 174 valence electrons. The monoisotopic (exact) mass is 450 g/mol. The molecule has 7 heteroatoms. The van der Waals surface area contributed by atoms with Crippen LogP contribution in [-0.4, -0.2) is 52.7 Å². The van der Waals surface area contributed by atoms with Crippen molar-refractivity contribution < 1.29 is 24.2 Å². The van der Waals surface area contributed by atoms with Crippen molar-refractivity contribution in [3.63, 3.8) is 0 Å². The summed E-state index contributed by atoms with van der Waals surface area (Å²) in [6.45, 7) is 5.66. The van der Waals surface area contributed by atoms with Crippen LogP contribution in [0.4, 0.5) is 4.79 Å². The molecule has 0 bridgehead atoms. The summed E-state index contributed by atoms with van der Waals surface area (Å²) < 4.78 is 5.59. The van der Waals surface area contributed by atoms with Gasteiger partial charge in [0.25, 0.3) is 0 Å². The summed E-state index contributed by atoms with van der Waals surface area (Å²) in [6.07, 6.45) is 0.164. The predicted molar refractivity (Wildman–Crippen MR) is 124 cm³/mol. The SMILES string of the molecule is C[C@@H]1C[C@H](C(=O)O)CCN1C(=O)C(C)(C)NC(=O)OCC1c2ccccc2-c2ccccc21. The van der Waals surface area contributed by atoms with Gasteiger partial charge in [0.15, 0.2) is 0 Å². The highest BCUT2D eigenvalue weighted by Gasteiger charge is 2.40. The van der Waals surface area contributed by atoms with Gasteiger partial charge in [-0.25, -0.2) is 4.79 Å². The number of benzene rings is 2. The zero-order valence-corrected chi connectivity index (χ0v) is 19.2. The van der Waals surface area contributed by atoms with E-state index in [2.05, 4.69) is 29.6 Å². The molecule has 1 heterocycles. The Morgan fingerprint density at radius 3 is 2.18 bits per heavy atom. The van der Waals surface area contributed by atoms with E-state index in [1.165, 1.54) is 0 Å². The van der Waals surface area contributed by atoms with Crippen LogP contribution in [0, 0.1) is 5.92 Å². The molecule has 2 amide bonds. The fourth-order valence-corrected chi connectivity index (χ4v) is 5.00. The molecule has 0 saturated carbocycles. The highest BCUT2D eigenvalue weighted by Crippen LogP contribution is 2.44. The van der Waals surface area contributed by atoms with Gasteiger partial charge in [-0.2, -0.15) is 0 Å². The Hall–Kier alpha value is -3.35. The maximum absolute atomic E-state index is 13.1. The number of hydrogen-bond donors (Lipinski definition) is 2. The summed E-state index contributed by atoms with van der Waals surface area (Å²) in [4.78, 5) is 38.7. The van der Waals surface area contributed by atoms with Gasteiger partial charge in [0.2, 0.25) is 5.91 Å². The summed E-state index contributed by atoms with van der Waals surface area (Å²) in [5.74, 6) is -1.57. The number of alkyl carbamates (subject to hydrolysis) is 1. The molecule has 7 nitrogen and oxygen atoms in total. The summed E-state index contributed by atoms with van der Waals surface area (Å²) in [6, 6.07) is 16.0. The number of carboxylic acid groups (broad SMARTS) is 1. The largest absolute Gasteiger partial charge is 0.481 e. The van der Waals surface area contributed by atoms with E-state index in [1.807, 2.05) is 31.2 Å². The highest BCUT2D eigenvalue weighted by atomic mass is 16.5. The molecule has 0 aromatic heterocycles. The van der Waals surface area contributed by atoms with E-state index in [0.29, 0.717) is 19.4 Å². The van der Waals surface area contributed by atoms with E-state index < -0.39 is 23.5 Å². The number of aliphatic carboxylic acids is 1. The van der Waals surface area contributed by atoms with Crippen LogP contribution < -0.4 is 5.32 Å². The zero-order chi connectivity index (χ0) is 23.8. The highest BCUT2D eigenvalue weighted by molar-refractivity contribution is 5.89. The minimum Gasteiger partial charge on any atom is -0.481 e. The molecule has 2 aromatic rings. The van der Waals surface area contributed by atoms with Gasteiger partial charge in [0.1, 0.15) is 12.1 Å². The Labute approximate surface area is 193 Å². The number of hydrogen-bond acceptors (Lipinski definition) is 4. The van der Waals surface area contributed by atoms with E-state index in [9.17, 15) is 19.5 Å². The van der Waals surface area contributed by atoms with E-state index in [1.54, 1.807) is 18.7 Å². The number of likely N-dealkylation sites (tertiary alicyclic amines) is 1. The van der Waals surface area contributed by atoms with Crippen molar-refractivity contribution in [3.8, 4) is 11.1 Å². The molecule has 0 unspecified atom stereocenters. The van der Waals surface area contributed by atoms with Gasteiger partial charge < -0.3 is 20.1 Å². The van der Waals surface area contributed by atoms with Gasteiger partial charge in [-0.1, -0.05) is 48.5 Å². The summed E-state index contributed by atoms with van der Waals surface area (Å²) in [7, 11) is 0. The zero-order valence-electron chi connectivity index (χ0n) is 19.2. The van der Waals surface area contributed by atoms with Crippen molar-refractivity contribution in [3.05, 3.63) is 59.7 Å². The molecule has 2 atom stereocenters. The first-order valence-electron chi connectivity index (χ1n) is 11.4. The first kappa shape index (κ1) is 22.8. The van der Waals surface area contributed by atoms with Crippen molar-refractivity contribution in [2.24, 2.45) is 5.92 Å². The lowest BCUT2D eigenvalue weighted by atomic mass is 9.90. The van der Waals surface area contributed by atoms with Gasteiger partial charge in [0.05, 0.1) is 5.92 Å². The average Bonchev–Trinajstić information content (AvgIpc) is 3.10. The number of carbonyl (C=O) groups excluding carboxylic acids is 2. The van der Waals surface area contributed by atoms with Gasteiger partial charge in [0, 0.05) is 18.5 Å². The number of carbonyl (C=O) groups is 3. The van der Waals surface area contributed by atoms with Crippen molar-refractivity contribution in [2.75, 3.05) is 13.2 Å². The number of amides is 2. The fraction of sp³-hybridized carbons (Fsp3) is 0.423. The normalized spacial score (nSPS) is 20.0. The lowest BCUT2D eigenvalue weighted by Crippen LogP contribution is -2.59. The van der Waals surface area contributed by atoms with Crippen LogP contribution in [0.3, 0.4) is 0 Å². The second-order valence-electron chi connectivity index (χ2n) is 9.48. The van der Waals surface area contributed by atoms with Crippen LogP contribution in [0.15, 0.2) is 48.5 Å². The maximum atomic E-state index is 13.1. The third-order valence-electron chi connectivity index (χ3n) is 6.78. The van der Waals surface area contributed by atoms with Crippen molar-refractivity contribution in [2.45, 2.75) is 51.1 Å². The number of nitrogens with zero attached hydrogens (tertiary/aromatic N) is 1. The number of piperidine rings is 1. The van der Waals surface area contributed by atoms with Crippen molar-refractivity contribution in [1.29, 1.82) is 0 Å². The Morgan fingerprint density at radius 2 is 1.64 bits per heavy atom. The Kier molecular flexibility index (Phi) is 6.15. The van der Waals surface area contributed by atoms with Crippen LogP contribution in [0.25, 0.3) is 11.1 Å². The third-order valence-corrected chi connectivity index (χ3v) is 6.78. The lowest BCUT2D eigenvalue weighted by Gasteiger charge is -2.40. The Balaban J connectivity index is 1.39. The minimum absolute atomic E-state index is 0.0583. The fourth-order valence-electron chi connectivity index (χ4n) is 5.00. The smallest absolute Gasteiger partial charge is 0.408 e. The number of nitrogens with one attached hydrogen (secondary N) is 1. The Morgan fingerprint density at radius 1 is 1.06 bits per heavy atom. The topological polar surface area (TPSA) is 95.9 Å². The molecule has 1 saturated heterocycles. The van der Waals surface area contributed by atoms with Crippen LogP contribution in [0.5, 0.6) is 0 Å². The first-order valence-corrected chi connectivity index (χ1v) is 11.4. The molecular formula is C26H30N2O5. The molecule has 33 heavy (non-hydrogen) atoms. The van der Waals surface area contributed by atoms with Gasteiger partial charge in [-0.3, -0.25) is 9.59 Å². The molecule has 1 aliphatic heterocycles. The van der Waals surface area contributed by atoms with Gasteiger partial charge in [-0.15, -0.1) is 0 Å². The molecule has 0 radical (unpaired) electrons. The molecule has 2 aromatic carbocycles. The van der Waals surface area contributed by atoms with E-state index in [-0.39, 0.29) is 24.5 Å². The Bertz CT molecular complexity index is 1030. The van der Waals surface area contributed by atoms with Crippen LogP contribution >= 0.6 is 0 Å². The summed E-state index contributed by atoms with van der Waals surface area (Å²) in [5, 5.41) is 12.0. The molecule has 1 aliphatic carbocycles. The third kappa shape index (κ3) is 4.45. The molecular weight excluding hydrogens is 420 g/mol. The van der Waals surface area contributed by atoms with Crippen LogP contribution in [0.2, 0.25) is 0 Å². The van der Waals surface area contributed by atoms with E-state index in [0.717, 1.165) is 22.3 Å². The first-order chi connectivity index (χ1) is 15.7. The molecule has 1 fully saturated rings. The predicted octanol–water partition coefficient (Wildman–Crippen LogP) is 4.02. The van der Waals surface area contributed by atoms with Crippen LogP contribution in [-0.2, 0) is 14.3 Å². The maximum Gasteiger partial charge on any atom is 0.408 e. The standard InChI is InChI=1S/C26H30N2O5/c1-16-14-17(23(29)30)12-13-28(16)24(31)26(2,3)27-25(32)33-15-22-20-10-6-4-8-18(20)19-9-5-7-11-21(19)22/h4-11,16-17,22H,12-15H2,1-3H3,(H,27,32)(H,29,30)/t16-,17-/m1/s1. The quantitative estimate of drug-likeness (QED) is 0.717. The number of rotatable bonds is 5. The number of carboxylic acids is 1. The number of ether oxygens (including phenoxy) is 1. The van der Waals surface area contributed by atoms with Crippen LogP contribution in [0.1, 0.15) is 50.7 Å².